The zero-order chi connectivity index (χ0) is 17.3. The summed E-state index contributed by atoms with van der Waals surface area (Å²) in [5.74, 6) is 0.563. The highest BCUT2D eigenvalue weighted by Gasteiger charge is 2.43. The third kappa shape index (κ3) is 3.59. The molecule has 0 spiro atoms. The smallest absolute Gasteiger partial charge is 0.241 e. The van der Waals surface area contributed by atoms with Gasteiger partial charge in [0.2, 0.25) is 11.8 Å². The van der Waals surface area contributed by atoms with Crippen molar-refractivity contribution in [2.75, 3.05) is 40.3 Å². The summed E-state index contributed by atoms with van der Waals surface area (Å²) in [4.78, 5) is 34.8. The summed E-state index contributed by atoms with van der Waals surface area (Å²) in [6, 6.07) is 6.07. The molecule has 0 radical (unpaired) electrons. The molecule has 24 heavy (non-hydrogen) atoms. The third-order valence-corrected chi connectivity index (χ3v) is 5.07. The number of carbonyl (C=O) groups excluding carboxylic acids is 2. The van der Waals surface area contributed by atoms with E-state index >= 15 is 0 Å². The Kier molecular flexibility index (Phi) is 4.85. The van der Waals surface area contributed by atoms with Gasteiger partial charge in [-0.05, 0) is 31.4 Å². The predicted molar refractivity (Wildman–Crippen MR) is 91.1 cm³/mol. The zero-order valence-corrected chi connectivity index (χ0v) is 14.7. The molecule has 2 aliphatic heterocycles. The molecule has 0 bridgehead atoms. The number of rotatable bonds is 4. The Morgan fingerprint density at radius 2 is 2.12 bits per heavy atom. The third-order valence-electron chi connectivity index (χ3n) is 5.07. The number of hydrogen-bond donors (Lipinski definition) is 0. The van der Waals surface area contributed by atoms with E-state index in [2.05, 4.69) is 9.88 Å². The number of fused-ring (bicyclic) bond motifs is 1. The molecular formula is C18H26N4O2. The number of aromatic nitrogens is 1. The van der Waals surface area contributed by atoms with Crippen molar-refractivity contribution in [1.82, 2.24) is 19.7 Å². The van der Waals surface area contributed by atoms with Gasteiger partial charge in [-0.1, -0.05) is 6.07 Å². The van der Waals surface area contributed by atoms with Crippen LogP contribution < -0.4 is 0 Å². The van der Waals surface area contributed by atoms with Crippen molar-refractivity contribution >= 4 is 11.8 Å². The fourth-order valence-corrected chi connectivity index (χ4v) is 3.71. The lowest BCUT2D eigenvalue weighted by molar-refractivity contribution is -0.145. The number of pyridine rings is 1. The summed E-state index contributed by atoms with van der Waals surface area (Å²) in [7, 11) is 3.46. The van der Waals surface area contributed by atoms with Gasteiger partial charge in [0.25, 0.3) is 0 Å². The van der Waals surface area contributed by atoms with Crippen molar-refractivity contribution in [2.45, 2.75) is 19.9 Å². The summed E-state index contributed by atoms with van der Waals surface area (Å²) < 4.78 is 0. The Morgan fingerprint density at radius 3 is 2.83 bits per heavy atom. The van der Waals surface area contributed by atoms with Crippen LogP contribution in [0.5, 0.6) is 0 Å². The molecule has 3 heterocycles. The minimum atomic E-state index is -0.0133. The first-order valence-electron chi connectivity index (χ1n) is 8.58. The second kappa shape index (κ2) is 6.89. The number of piperidine rings is 1. The maximum atomic E-state index is 12.7. The van der Waals surface area contributed by atoms with Gasteiger partial charge in [0, 0.05) is 46.0 Å². The molecule has 0 aromatic carbocycles. The first kappa shape index (κ1) is 16.9. The average Bonchev–Trinajstić information content (AvgIpc) is 2.93. The van der Waals surface area contributed by atoms with E-state index in [0.29, 0.717) is 12.5 Å². The quantitative estimate of drug-likeness (QED) is 0.818. The number of likely N-dealkylation sites (tertiary alicyclic amines) is 2. The first-order valence-corrected chi connectivity index (χ1v) is 8.58. The number of likely N-dealkylation sites (N-methyl/N-ethyl adjacent to an activating group) is 1. The van der Waals surface area contributed by atoms with Gasteiger partial charge in [-0.2, -0.15) is 0 Å². The lowest BCUT2D eigenvalue weighted by atomic mass is 9.88. The average molecular weight is 330 g/mol. The van der Waals surface area contributed by atoms with Crippen LogP contribution in [0.1, 0.15) is 17.8 Å². The molecule has 0 saturated carbocycles. The highest BCUT2D eigenvalue weighted by Crippen LogP contribution is 2.32. The van der Waals surface area contributed by atoms with E-state index < -0.39 is 0 Å². The van der Waals surface area contributed by atoms with Crippen LogP contribution in [0.25, 0.3) is 0 Å². The Balaban J connectivity index is 1.61. The fraction of sp³-hybridized carbons (Fsp3) is 0.611. The standard InChI is InChI=1S/C18H26N4O2/c1-13-5-4-6-15(19-13)10-21-9-14-7-8-22(12-17(23)20(2)3)18(24)16(14)11-21/h4-6,14,16H,7-12H2,1-3H3/t14-,16-/m0/s1. The number of carbonyl (C=O) groups is 2. The fourth-order valence-electron chi connectivity index (χ4n) is 3.71. The largest absolute Gasteiger partial charge is 0.347 e. The normalized spacial score (nSPS) is 24.1. The SMILES string of the molecule is Cc1cccc(CN2C[C@@H]3CCN(CC(=O)N(C)C)C(=O)[C@H]3C2)n1. The molecule has 6 nitrogen and oxygen atoms in total. The highest BCUT2D eigenvalue weighted by atomic mass is 16.2. The van der Waals surface area contributed by atoms with Crippen molar-refractivity contribution in [3.8, 4) is 0 Å². The van der Waals surface area contributed by atoms with E-state index in [0.717, 1.165) is 37.4 Å². The van der Waals surface area contributed by atoms with Gasteiger partial charge in [-0.3, -0.25) is 19.5 Å². The molecule has 3 rings (SSSR count). The second-order valence-electron chi connectivity index (χ2n) is 7.17. The molecule has 2 fully saturated rings. The summed E-state index contributed by atoms with van der Waals surface area (Å²) in [6.45, 7) is 5.40. The van der Waals surface area contributed by atoms with Gasteiger partial charge in [-0.15, -0.1) is 0 Å². The molecule has 0 aliphatic carbocycles. The van der Waals surface area contributed by atoms with Crippen molar-refractivity contribution < 1.29 is 9.59 Å². The van der Waals surface area contributed by atoms with Crippen LogP contribution in [-0.2, 0) is 16.1 Å². The lowest BCUT2D eigenvalue weighted by Gasteiger charge is -2.34. The molecule has 0 unspecified atom stereocenters. The minimum Gasteiger partial charge on any atom is -0.347 e. The highest BCUT2D eigenvalue weighted by molar-refractivity contribution is 5.86. The molecule has 1 aromatic heterocycles. The van der Waals surface area contributed by atoms with Crippen LogP contribution in [0.3, 0.4) is 0 Å². The predicted octanol–water partition coefficient (Wildman–Crippen LogP) is 0.759. The molecule has 0 N–H and O–H groups in total. The van der Waals surface area contributed by atoms with Gasteiger partial charge >= 0.3 is 0 Å². The van der Waals surface area contributed by atoms with Crippen LogP contribution in [0, 0.1) is 18.8 Å². The summed E-state index contributed by atoms with van der Waals surface area (Å²) in [5, 5.41) is 0. The topological polar surface area (TPSA) is 56.8 Å². The number of aryl methyl sites for hydroxylation is 1. The van der Waals surface area contributed by atoms with Gasteiger partial charge in [0.15, 0.2) is 0 Å². The van der Waals surface area contributed by atoms with Crippen molar-refractivity contribution in [1.29, 1.82) is 0 Å². The zero-order valence-electron chi connectivity index (χ0n) is 14.7. The van der Waals surface area contributed by atoms with Gasteiger partial charge in [0.1, 0.15) is 0 Å². The Bertz CT molecular complexity index is 631. The van der Waals surface area contributed by atoms with Crippen LogP contribution in [-0.4, -0.2) is 71.8 Å². The molecule has 130 valence electrons. The van der Waals surface area contributed by atoms with E-state index in [1.54, 1.807) is 23.9 Å². The molecule has 2 saturated heterocycles. The van der Waals surface area contributed by atoms with E-state index in [4.69, 9.17) is 0 Å². The summed E-state index contributed by atoms with van der Waals surface area (Å²) in [5.41, 5.74) is 2.08. The Hall–Kier alpha value is -1.95. The van der Waals surface area contributed by atoms with E-state index in [-0.39, 0.29) is 24.3 Å². The first-order chi connectivity index (χ1) is 11.4. The molecule has 2 amide bonds. The monoisotopic (exact) mass is 330 g/mol. The van der Waals surface area contributed by atoms with Gasteiger partial charge < -0.3 is 9.80 Å². The van der Waals surface area contributed by atoms with Crippen LogP contribution in [0.4, 0.5) is 0 Å². The van der Waals surface area contributed by atoms with Crippen LogP contribution in [0.2, 0.25) is 0 Å². The Morgan fingerprint density at radius 1 is 1.33 bits per heavy atom. The van der Waals surface area contributed by atoms with Crippen LogP contribution >= 0.6 is 0 Å². The van der Waals surface area contributed by atoms with Crippen molar-refractivity contribution in [2.24, 2.45) is 11.8 Å². The minimum absolute atomic E-state index is 0.0133. The summed E-state index contributed by atoms with van der Waals surface area (Å²) >= 11 is 0. The molecule has 2 aliphatic rings. The van der Waals surface area contributed by atoms with E-state index in [9.17, 15) is 9.59 Å². The van der Waals surface area contributed by atoms with Crippen molar-refractivity contribution in [3.63, 3.8) is 0 Å². The van der Waals surface area contributed by atoms with E-state index in [1.807, 2.05) is 25.1 Å². The number of nitrogens with zero attached hydrogens (tertiary/aromatic N) is 4. The number of hydrogen-bond acceptors (Lipinski definition) is 4. The summed E-state index contributed by atoms with van der Waals surface area (Å²) in [6.07, 6.45) is 0.981. The maximum absolute atomic E-state index is 12.7. The van der Waals surface area contributed by atoms with Gasteiger partial charge in [0.05, 0.1) is 18.2 Å². The Labute approximate surface area is 143 Å². The van der Waals surface area contributed by atoms with Crippen molar-refractivity contribution in [3.05, 3.63) is 29.6 Å². The number of amides is 2. The second-order valence-corrected chi connectivity index (χ2v) is 7.17. The molecule has 1 aromatic rings. The molecule has 6 heteroatoms. The molecular weight excluding hydrogens is 304 g/mol. The lowest BCUT2D eigenvalue weighted by Crippen LogP contribution is -2.49. The van der Waals surface area contributed by atoms with Gasteiger partial charge in [-0.25, -0.2) is 0 Å². The molecule has 2 atom stereocenters. The van der Waals surface area contributed by atoms with Crippen LogP contribution in [0.15, 0.2) is 18.2 Å². The van der Waals surface area contributed by atoms with E-state index in [1.165, 1.54) is 0 Å². The maximum Gasteiger partial charge on any atom is 0.241 e.